The molecule has 2 heterocycles. The molecule has 0 amide bonds. The highest BCUT2D eigenvalue weighted by molar-refractivity contribution is 5.23. The topological polar surface area (TPSA) is 131 Å². The molecule has 5 atom stereocenters. The molecule has 18 heavy (non-hydrogen) atoms. The number of aromatic nitrogens is 2. The van der Waals surface area contributed by atoms with Crippen molar-refractivity contribution in [3.8, 4) is 0 Å². The van der Waals surface area contributed by atoms with Gasteiger partial charge in [0.05, 0.1) is 0 Å². The second-order valence-electron chi connectivity index (χ2n) is 3.89. The number of anilines is 1. The Morgan fingerprint density at radius 3 is 2.67 bits per heavy atom. The third-order valence-corrected chi connectivity index (χ3v) is 2.67. The van der Waals surface area contributed by atoms with Gasteiger partial charge in [0.2, 0.25) is 6.36 Å². The first kappa shape index (κ1) is 12.9. The van der Waals surface area contributed by atoms with E-state index in [9.17, 15) is 19.4 Å². The Hall–Kier alpha value is -1.55. The molecule has 0 saturated carbocycles. The lowest BCUT2D eigenvalue weighted by atomic mass is 10.1. The SMILES string of the molecule is Nc1ccn([C@@H]2O[C@H]([C@@H](O)F)[C@@H](O)[C@H]2O)c(=O)n1. The molecule has 100 valence electrons. The molecule has 0 bridgehead atoms. The van der Waals surface area contributed by atoms with Gasteiger partial charge in [-0.15, -0.1) is 0 Å². The Morgan fingerprint density at radius 2 is 2.17 bits per heavy atom. The van der Waals surface area contributed by atoms with Crippen molar-refractivity contribution in [3.05, 3.63) is 22.7 Å². The van der Waals surface area contributed by atoms with Crippen molar-refractivity contribution in [1.82, 2.24) is 9.55 Å². The van der Waals surface area contributed by atoms with E-state index in [-0.39, 0.29) is 5.82 Å². The molecule has 1 aromatic heterocycles. The van der Waals surface area contributed by atoms with Crippen LogP contribution in [0.5, 0.6) is 0 Å². The first-order valence-corrected chi connectivity index (χ1v) is 5.10. The molecule has 5 N–H and O–H groups in total. The zero-order valence-corrected chi connectivity index (χ0v) is 9.05. The van der Waals surface area contributed by atoms with Gasteiger partial charge in [-0.2, -0.15) is 4.98 Å². The Morgan fingerprint density at radius 1 is 1.50 bits per heavy atom. The maximum absolute atomic E-state index is 12.7. The van der Waals surface area contributed by atoms with E-state index in [2.05, 4.69) is 4.98 Å². The van der Waals surface area contributed by atoms with E-state index in [4.69, 9.17) is 15.6 Å². The summed E-state index contributed by atoms with van der Waals surface area (Å²) in [6.45, 7) is 0. The van der Waals surface area contributed by atoms with Crippen LogP contribution in [0.25, 0.3) is 0 Å². The van der Waals surface area contributed by atoms with Gasteiger partial charge in [-0.25, -0.2) is 9.18 Å². The van der Waals surface area contributed by atoms with Crippen LogP contribution in [-0.4, -0.2) is 49.5 Å². The van der Waals surface area contributed by atoms with Crippen molar-refractivity contribution in [1.29, 1.82) is 0 Å². The molecule has 1 saturated heterocycles. The number of rotatable bonds is 2. The highest BCUT2D eigenvalue weighted by Crippen LogP contribution is 2.30. The number of alkyl halides is 1. The number of hydrogen-bond acceptors (Lipinski definition) is 7. The number of aliphatic hydroxyl groups is 3. The van der Waals surface area contributed by atoms with Gasteiger partial charge >= 0.3 is 5.69 Å². The van der Waals surface area contributed by atoms with E-state index >= 15 is 0 Å². The maximum Gasteiger partial charge on any atom is 0.351 e. The molecule has 1 aliphatic rings. The Kier molecular flexibility index (Phi) is 3.30. The van der Waals surface area contributed by atoms with Crippen molar-refractivity contribution in [2.45, 2.75) is 30.9 Å². The highest BCUT2D eigenvalue weighted by atomic mass is 19.1. The smallest absolute Gasteiger partial charge is 0.351 e. The molecule has 8 nitrogen and oxygen atoms in total. The van der Waals surface area contributed by atoms with Gasteiger partial charge in [0, 0.05) is 6.20 Å². The number of nitrogens with zero attached hydrogens (tertiary/aromatic N) is 2. The molecule has 0 radical (unpaired) electrons. The standard InChI is InChI=1S/C9H12FN3O5/c10-7(16)6-4(14)5(15)8(18-6)13-2-1-3(11)12-9(13)17/h1-2,4-8,14-16H,(H2,11,12,17)/t4-,5+,6-,7+,8+/m0/s1. The van der Waals surface area contributed by atoms with Crippen molar-refractivity contribution < 1.29 is 24.4 Å². The zero-order chi connectivity index (χ0) is 13.4. The van der Waals surface area contributed by atoms with Crippen LogP contribution in [0, 0.1) is 0 Å². The summed E-state index contributed by atoms with van der Waals surface area (Å²) in [5.41, 5.74) is 4.47. The minimum Gasteiger partial charge on any atom is -0.387 e. The Bertz CT molecular complexity index is 493. The van der Waals surface area contributed by atoms with Gasteiger partial charge in [0.15, 0.2) is 6.23 Å². The summed E-state index contributed by atoms with van der Waals surface area (Å²) in [7, 11) is 0. The predicted octanol–water partition coefficient (Wildman–Crippen LogP) is -2.27. The minimum absolute atomic E-state index is 0.0219. The molecule has 1 fully saturated rings. The fourth-order valence-corrected chi connectivity index (χ4v) is 1.76. The van der Waals surface area contributed by atoms with Gasteiger partial charge < -0.3 is 25.8 Å². The van der Waals surface area contributed by atoms with Crippen molar-refractivity contribution in [3.63, 3.8) is 0 Å². The third kappa shape index (κ3) is 2.08. The first-order chi connectivity index (χ1) is 8.41. The minimum atomic E-state index is -2.47. The Labute approximate surface area is 100 Å². The maximum atomic E-state index is 12.7. The largest absolute Gasteiger partial charge is 0.387 e. The van der Waals surface area contributed by atoms with Crippen LogP contribution < -0.4 is 11.4 Å². The molecule has 0 spiro atoms. The molecule has 0 aliphatic carbocycles. The summed E-state index contributed by atoms with van der Waals surface area (Å²) in [6, 6.07) is 1.28. The number of aliphatic hydroxyl groups excluding tert-OH is 3. The number of ether oxygens (including phenoxy) is 1. The number of nitrogen functional groups attached to an aromatic ring is 1. The van der Waals surface area contributed by atoms with Gasteiger partial charge in [0.1, 0.15) is 24.1 Å². The number of nitrogens with two attached hydrogens (primary N) is 1. The molecule has 1 aromatic rings. The third-order valence-electron chi connectivity index (χ3n) is 2.67. The van der Waals surface area contributed by atoms with Crippen LogP contribution in [0.4, 0.5) is 10.2 Å². The van der Waals surface area contributed by atoms with Gasteiger partial charge in [0.25, 0.3) is 0 Å². The lowest BCUT2D eigenvalue weighted by molar-refractivity contribution is -0.131. The summed E-state index contributed by atoms with van der Waals surface area (Å²) in [6.07, 6.45) is -7.47. The van der Waals surface area contributed by atoms with E-state index in [1.807, 2.05) is 0 Å². The van der Waals surface area contributed by atoms with Crippen molar-refractivity contribution in [2.75, 3.05) is 5.73 Å². The van der Waals surface area contributed by atoms with E-state index < -0.39 is 36.6 Å². The van der Waals surface area contributed by atoms with Crippen LogP contribution in [-0.2, 0) is 4.74 Å². The Balaban J connectivity index is 2.32. The second-order valence-corrected chi connectivity index (χ2v) is 3.89. The summed E-state index contributed by atoms with van der Waals surface area (Å²) >= 11 is 0. The number of hydrogen-bond donors (Lipinski definition) is 4. The second kappa shape index (κ2) is 4.61. The summed E-state index contributed by atoms with van der Waals surface area (Å²) in [4.78, 5) is 14.9. The van der Waals surface area contributed by atoms with Crippen LogP contribution in [0.3, 0.4) is 0 Å². The van der Waals surface area contributed by atoms with E-state index in [0.29, 0.717) is 0 Å². The van der Waals surface area contributed by atoms with Crippen molar-refractivity contribution >= 4 is 5.82 Å². The number of halogens is 1. The van der Waals surface area contributed by atoms with Crippen LogP contribution in [0.15, 0.2) is 17.1 Å². The van der Waals surface area contributed by atoms with Gasteiger partial charge in [-0.1, -0.05) is 0 Å². The molecule has 2 rings (SSSR count). The van der Waals surface area contributed by atoms with Gasteiger partial charge in [-0.3, -0.25) is 4.57 Å². The molecular formula is C9H12FN3O5. The molecule has 0 unspecified atom stereocenters. The first-order valence-electron chi connectivity index (χ1n) is 5.10. The lowest BCUT2D eigenvalue weighted by Crippen LogP contribution is -2.37. The average molecular weight is 261 g/mol. The van der Waals surface area contributed by atoms with Crippen molar-refractivity contribution in [2.24, 2.45) is 0 Å². The quantitative estimate of drug-likeness (QED) is 0.472. The fourth-order valence-electron chi connectivity index (χ4n) is 1.76. The van der Waals surface area contributed by atoms with Crippen LogP contribution in [0.1, 0.15) is 6.23 Å². The summed E-state index contributed by atoms with van der Waals surface area (Å²) in [5, 5.41) is 27.9. The molecular weight excluding hydrogens is 249 g/mol. The highest BCUT2D eigenvalue weighted by Gasteiger charge is 2.47. The summed E-state index contributed by atoms with van der Waals surface area (Å²) < 4.78 is 18.5. The monoisotopic (exact) mass is 261 g/mol. The van der Waals surface area contributed by atoms with Crippen LogP contribution in [0.2, 0.25) is 0 Å². The fraction of sp³-hybridized carbons (Fsp3) is 0.556. The molecule has 1 aliphatic heterocycles. The summed E-state index contributed by atoms with van der Waals surface area (Å²) in [5.74, 6) is -0.0219. The van der Waals surface area contributed by atoms with E-state index in [0.717, 1.165) is 4.57 Å². The van der Waals surface area contributed by atoms with E-state index in [1.165, 1.54) is 12.3 Å². The predicted molar refractivity (Wildman–Crippen MR) is 55.9 cm³/mol. The molecule has 9 heteroatoms. The average Bonchev–Trinajstić information content (AvgIpc) is 2.57. The van der Waals surface area contributed by atoms with Gasteiger partial charge in [-0.05, 0) is 6.07 Å². The van der Waals surface area contributed by atoms with E-state index in [1.54, 1.807) is 0 Å². The normalized spacial score (nSPS) is 33.6. The van der Waals surface area contributed by atoms with Crippen LogP contribution >= 0.6 is 0 Å². The molecule has 0 aromatic carbocycles. The lowest BCUT2D eigenvalue weighted by Gasteiger charge is -2.16. The zero-order valence-electron chi connectivity index (χ0n) is 9.05.